The topological polar surface area (TPSA) is 78.9 Å². The molecule has 0 bridgehead atoms. The summed E-state index contributed by atoms with van der Waals surface area (Å²) in [6.45, 7) is 5.02. The lowest BCUT2D eigenvalue weighted by Crippen LogP contribution is -2.14. The molecule has 0 aliphatic carbocycles. The SMILES string of the molecule is CC(=O)OCCC(CCOC(C)=O)CCOC(C)=O. The van der Waals surface area contributed by atoms with Gasteiger partial charge >= 0.3 is 17.9 Å². The number of rotatable bonds is 9. The van der Waals surface area contributed by atoms with Crippen LogP contribution in [0, 0.1) is 5.92 Å². The highest BCUT2D eigenvalue weighted by atomic mass is 16.5. The first kappa shape index (κ1) is 17.4. The van der Waals surface area contributed by atoms with E-state index in [0.29, 0.717) is 39.1 Å². The Kier molecular flexibility index (Phi) is 9.48. The van der Waals surface area contributed by atoms with E-state index >= 15 is 0 Å². The summed E-state index contributed by atoms with van der Waals surface area (Å²) in [5.74, 6) is -0.783. The van der Waals surface area contributed by atoms with Gasteiger partial charge in [0.2, 0.25) is 0 Å². The summed E-state index contributed by atoms with van der Waals surface area (Å²) in [6, 6.07) is 0. The lowest BCUT2D eigenvalue weighted by Gasteiger charge is -2.16. The van der Waals surface area contributed by atoms with Crippen LogP contribution in [0.2, 0.25) is 0 Å². The molecule has 0 aromatic heterocycles. The standard InChI is InChI=1S/C13H22O6/c1-10(14)17-7-4-13(5-8-18-11(2)15)6-9-19-12(3)16/h13H,4-9H2,1-3H3. The first-order valence-corrected chi connectivity index (χ1v) is 6.32. The molecule has 0 saturated heterocycles. The van der Waals surface area contributed by atoms with Crippen LogP contribution < -0.4 is 0 Å². The van der Waals surface area contributed by atoms with E-state index in [2.05, 4.69) is 0 Å². The smallest absolute Gasteiger partial charge is 0.302 e. The fourth-order valence-corrected chi connectivity index (χ4v) is 1.54. The fourth-order valence-electron chi connectivity index (χ4n) is 1.54. The molecule has 19 heavy (non-hydrogen) atoms. The number of carbonyl (C=O) groups excluding carboxylic acids is 3. The number of carbonyl (C=O) groups is 3. The number of hydrogen-bond donors (Lipinski definition) is 0. The van der Waals surface area contributed by atoms with E-state index in [-0.39, 0.29) is 23.8 Å². The van der Waals surface area contributed by atoms with Crippen molar-refractivity contribution in [3.63, 3.8) is 0 Å². The summed E-state index contributed by atoms with van der Waals surface area (Å²) < 4.78 is 14.6. The summed E-state index contributed by atoms with van der Waals surface area (Å²) in [5, 5.41) is 0. The minimum Gasteiger partial charge on any atom is -0.466 e. The van der Waals surface area contributed by atoms with Crippen molar-refractivity contribution in [1.82, 2.24) is 0 Å². The molecule has 0 aliphatic rings. The van der Waals surface area contributed by atoms with Crippen LogP contribution >= 0.6 is 0 Å². The average molecular weight is 274 g/mol. The maximum absolute atomic E-state index is 10.7. The van der Waals surface area contributed by atoms with Gasteiger partial charge in [-0.1, -0.05) is 0 Å². The van der Waals surface area contributed by atoms with Gasteiger partial charge < -0.3 is 14.2 Å². The third kappa shape index (κ3) is 12.7. The Labute approximate surface area is 113 Å². The van der Waals surface area contributed by atoms with Crippen molar-refractivity contribution in [2.24, 2.45) is 5.92 Å². The largest absolute Gasteiger partial charge is 0.466 e. The van der Waals surface area contributed by atoms with E-state index in [1.165, 1.54) is 20.8 Å². The zero-order chi connectivity index (χ0) is 14.7. The third-order valence-corrected chi connectivity index (χ3v) is 2.49. The number of hydrogen-bond acceptors (Lipinski definition) is 6. The summed E-state index contributed by atoms with van der Waals surface area (Å²) >= 11 is 0. The second-order valence-electron chi connectivity index (χ2n) is 4.25. The molecule has 0 aliphatic heterocycles. The Balaban J connectivity index is 3.94. The zero-order valence-corrected chi connectivity index (χ0v) is 11.8. The van der Waals surface area contributed by atoms with Crippen LogP contribution in [0.4, 0.5) is 0 Å². The van der Waals surface area contributed by atoms with Gasteiger partial charge in [0, 0.05) is 20.8 Å². The molecule has 0 radical (unpaired) electrons. The van der Waals surface area contributed by atoms with Gasteiger partial charge in [-0.3, -0.25) is 14.4 Å². The minimum atomic E-state index is -0.321. The van der Waals surface area contributed by atoms with Crippen molar-refractivity contribution in [2.75, 3.05) is 19.8 Å². The molecule has 6 heteroatoms. The lowest BCUT2D eigenvalue weighted by molar-refractivity contribution is -0.141. The van der Waals surface area contributed by atoms with Crippen molar-refractivity contribution in [3.05, 3.63) is 0 Å². The quantitative estimate of drug-likeness (QED) is 0.468. The Morgan fingerprint density at radius 1 is 0.684 bits per heavy atom. The summed E-state index contributed by atoms with van der Waals surface area (Å²) in [4.78, 5) is 32.0. The highest BCUT2D eigenvalue weighted by Gasteiger charge is 2.11. The van der Waals surface area contributed by atoms with Crippen LogP contribution in [0.5, 0.6) is 0 Å². The van der Waals surface area contributed by atoms with Crippen LogP contribution in [0.15, 0.2) is 0 Å². The van der Waals surface area contributed by atoms with Crippen molar-refractivity contribution < 1.29 is 28.6 Å². The second kappa shape index (κ2) is 10.3. The molecular weight excluding hydrogens is 252 g/mol. The van der Waals surface area contributed by atoms with Crippen molar-refractivity contribution in [1.29, 1.82) is 0 Å². The van der Waals surface area contributed by atoms with Gasteiger partial charge in [0.15, 0.2) is 0 Å². The lowest BCUT2D eigenvalue weighted by atomic mass is 9.99. The van der Waals surface area contributed by atoms with Gasteiger partial charge in [0.25, 0.3) is 0 Å². The Morgan fingerprint density at radius 3 is 1.16 bits per heavy atom. The molecule has 0 aromatic rings. The Morgan fingerprint density at radius 2 is 0.947 bits per heavy atom. The van der Waals surface area contributed by atoms with Crippen molar-refractivity contribution in [2.45, 2.75) is 40.0 Å². The second-order valence-corrected chi connectivity index (χ2v) is 4.25. The number of esters is 3. The molecule has 0 unspecified atom stereocenters. The molecule has 0 amide bonds. The molecule has 0 heterocycles. The number of ether oxygens (including phenoxy) is 3. The molecular formula is C13H22O6. The van der Waals surface area contributed by atoms with Gasteiger partial charge in [0.1, 0.15) is 0 Å². The molecule has 0 spiro atoms. The molecule has 0 N–H and O–H groups in total. The van der Waals surface area contributed by atoms with E-state index in [0.717, 1.165) is 0 Å². The van der Waals surface area contributed by atoms with Crippen LogP contribution in [0.1, 0.15) is 40.0 Å². The first-order chi connectivity index (χ1) is 8.91. The maximum Gasteiger partial charge on any atom is 0.302 e. The van der Waals surface area contributed by atoms with Crippen LogP contribution in [0.3, 0.4) is 0 Å². The van der Waals surface area contributed by atoms with E-state index in [9.17, 15) is 14.4 Å². The van der Waals surface area contributed by atoms with Gasteiger partial charge in [-0.2, -0.15) is 0 Å². The Hall–Kier alpha value is -1.59. The molecule has 0 saturated carbocycles. The zero-order valence-electron chi connectivity index (χ0n) is 11.8. The van der Waals surface area contributed by atoms with Gasteiger partial charge in [-0.25, -0.2) is 0 Å². The molecule has 0 fully saturated rings. The summed E-state index contributed by atoms with van der Waals surface area (Å²) in [6.07, 6.45) is 1.96. The highest BCUT2D eigenvalue weighted by Crippen LogP contribution is 2.14. The predicted molar refractivity (Wildman–Crippen MR) is 67.2 cm³/mol. The van der Waals surface area contributed by atoms with Crippen molar-refractivity contribution >= 4 is 17.9 Å². The van der Waals surface area contributed by atoms with E-state index in [1.807, 2.05) is 0 Å². The predicted octanol–water partition coefficient (Wildman–Crippen LogP) is 1.46. The maximum atomic E-state index is 10.7. The molecule has 6 nitrogen and oxygen atoms in total. The summed E-state index contributed by atoms with van der Waals surface area (Å²) in [5.41, 5.74) is 0. The van der Waals surface area contributed by atoms with Crippen LogP contribution in [0.25, 0.3) is 0 Å². The summed E-state index contributed by atoms with van der Waals surface area (Å²) in [7, 11) is 0. The fraction of sp³-hybridized carbons (Fsp3) is 0.769. The normalized spacial score (nSPS) is 10.1. The minimum absolute atomic E-state index is 0.179. The Bertz CT molecular complexity index is 252. The molecule has 0 atom stereocenters. The van der Waals surface area contributed by atoms with E-state index < -0.39 is 0 Å². The molecule has 0 rings (SSSR count). The third-order valence-electron chi connectivity index (χ3n) is 2.49. The van der Waals surface area contributed by atoms with Gasteiger partial charge in [0.05, 0.1) is 19.8 Å². The van der Waals surface area contributed by atoms with Gasteiger partial charge in [-0.05, 0) is 25.2 Å². The van der Waals surface area contributed by atoms with Gasteiger partial charge in [-0.15, -0.1) is 0 Å². The first-order valence-electron chi connectivity index (χ1n) is 6.32. The van der Waals surface area contributed by atoms with Crippen LogP contribution in [-0.2, 0) is 28.6 Å². The average Bonchev–Trinajstić information content (AvgIpc) is 2.26. The van der Waals surface area contributed by atoms with Crippen molar-refractivity contribution in [3.8, 4) is 0 Å². The molecule has 0 aromatic carbocycles. The van der Waals surface area contributed by atoms with Crippen LogP contribution in [-0.4, -0.2) is 37.7 Å². The monoisotopic (exact) mass is 274 g/mol. The highest BCUT2D eigenvalue weighted by molar-refractivity contribution is 5.66. The van der Waals surface area contributed by atoms with E-state index in [4.69, 9.17) is 14.2 Å². The molecule has 110 valence electrons. The van der Waals surface area contributed by atoms with E-state index in [1.54, 1.807) is 0 Å².